The fraction of sp³-hybridized carbons (Fsp3) is 0.524. The summed E-state index contributed by atoms with van der Waals surface area (Å²) < 4.78 is 18.8. The average Bonchev–Trinajstić information content (AvgIpc) is 3.24. The molecule has 1 saturated heterocycles. The Balaban J connectivity index is 1.28. The van der Waals surface area contributed by atoms with Crippen molar-refractivity contribution in [2.24, 2.45) is 0 Å². The molecule has 4 heterocycles. The molecule has 1 N–H and O–H groups in total. The number of fused-ring (bicyclic) bond motifs is 1. The molecule has 31 heavy (non-hydrogen) atoms. The van der Waals surface area contributed by atoms with Crippen LogP contribution in [0.2, 0.25) is 0 Å². The molecule has 0 amide bonds. The maximum Gasteiger partial charge on any atom is 0.209 e. The number of nitrogens with one attached hydrogen (secondary N) is 1. The number of rotatable bonds is 5. The van der Waals surface area contributed by atoms with E-state index in [4.69, 9.17) is 12.2 Å². The minimum absolute atomic E-state index is 0.304. The monoisotopic (exact) mass is 459 g/mol. The van der Waals surface area contributed by atoms with Gasteiger partial charge in [0.2, 0.25) is 5.13 Å². The van der Waals surface area contributed by atoms with Crippen LogP contribution in [0.5, 0.6) is 0 Å². The highest BCUT2D eigenvalue weighted by Gasteiger charge is 2.27. The molecule has 7 nitrogen and oxygen atoms in total. The van der Waals surface area contributed by atoms with Crippen molar-refractivity contribution in [2.45, 2.75) is 57.7 Å². The Morgan fingerprint density at radius 2 is 2.03 bits per heavy atom. The van der Waals surface area contributed by atoms with Gasteiger partial charge in [0.05, 0.1) is 12.4 Å². The number of hydrogen-bond donors (Lipinski definition) is 1. The van der Waals surface area contributed by atoms with E-state index in [9.17, 15) is 4.39 Å². The van der Waals surface area contributed by atoms with Gasteiger partial charge in [-0.25, -0.2) is 9.07 Å². The van der Waals surface area contributed by atoms with E-state index in [1.165, 1.54) is 36.7 Å². The topological polar surface area (TPSA) is 63.8 Å². The summed E-state index contributed by atoms with van der Waals surface area (Å²) in [6.45, 7) is 3.60. The highest BCUT2D eigenvalue weighted by molar-refractivity contribution is 7.73. The summed E-state index contributed by atoms with van der Waals surface area (Å²) in [4.78, 5) is 2.38. The summed E-state index contributed by atoms with van der Waals surface area (Å²) in [7, 11) is 0. The molecule has 2 aliphatic heterocycles. The first-order valence-corrected chi connectivity index (χ1v) is 12.1. The number of para-hydroxylation sites is 1. The number of aryl methyl sites for hydroxylation is 1. The summed E-state index contributed by atoms with van der Waals surface area (Å²) in [5.41, 5.74) is 0.406. The molecule has 1 fully saturated rings. The SMILES string of the molecule is Fc1ccccc1Nc1nn(CN2CCC[C@@H](c3nnc4n3CCCCC4)C2)c(=S)s1. The lowest BCUT2D eigenvalue weighted by Gasteiger charge is -2.32. The van der Waals surface area contributed by atoms with E-state index in [0.29, 0.717) is 27.4 Å². The van der Waals surface area contributed by atoms with E-state index in [1.54, 1.807) is 18.2 Å². The van der Waals surface area contributed by atoms with Crippen LogP contribution in [-0.2, 0) is 19.6 Å². The second-order valence-electron chi connectivity index (χ2n) is 8.27. The molecule has 0 saturated carbocycles. The first-order chi connectivity index (χ1) is 15.2. The molecule has 1 atom stereocenters. The van der Waals surface area contributed by atoms with Crippen LogP contribution >= 0.6 is 23.6 Å². The number of piperidine rings is 1. The summed E-state index contributed by atoms with van der Waals surface area (Å²) >= 11 is 6.89. The van der Waals surface area contributed by atoms with Gasteiger partial charge in [0.15, 0.2) is 3.95 Å². The summed E-state index contributed by atoms with van der Waals surface area (Å²) in [5.74, 6) is 2.37. The van der Waals surface area contributed by atoms with Gasteiger partial charge in [-0.3, -0.25) is 4.90 Å². The second kappa shape index (κ2) is 9.13. The number of nitrogens with zero attached hydrogens (tertiary/aromatic N) is 6. The maximum absolute atomic E-state index is 13.9. The van der Waals surface area contributed by atoms with E-state index in [0.717, 1.165) is 50.5 Å². The van der Waals surface area contributed by atoms with E-state index in [-0.39, 0.29) is 5.82 Å². The smallest absolute Gasteiger partial charge is 0.209 e. The van der Waals surface area contributed by atoms with Crippen molar-refractivity contribution < 1.29 is 4.39 Å². The molecule has 10 heteroatoms. The lowest BCUT2D eigenvalue weighted by Crippen LogP contribution is -2.37. The van der Waals surface area contributed by atoms with Gasteiger partial charge < -0.3 is 9.88 Å². The van der Waals surface area contributed by atoms with Gasteiger partial charge in [-0.2, -0.15) is 0 Å². The van der Waals surface area contributed by atoms with Crippen LogP contribution in [-0.4, -0.2) is 42.5 Å². The Morgan fingerprint density at radius 1 is 1.13 bits per heavy atom. The maximum atomic E-state index is 13.9. The van der Waals surface area contributed by atoms with Gasteiger partial charge >= 0.3 is 0 Å². The van der Waals surface area contributed by atoms with E-state index < -0.39 is 0 Å². The van der Waals surface area contributed by atoms with Crippen molar-refractivity contribution in [3.63, 3.8) is 0 Å². The molecule has 164 valence electrons. The Bertz CT molecular complexity index is 1110. The fourth-order valence-corrected chi connectivity index (χ4v) is 5.52. The first-order valence-electron chi connectivity index (χ1n) is 10.9. The number of hydrogen-bond acceptors (Lipinski definition) is 7. The third-order valence-corrected chi connectivity index (χ3v) is 7.29. The quantitative estimate of drug-likeness (QED) is 0.558. The Kier molecular flexibility index (Phi) is 6.10. The molecular weight excluding hydrogens is 433 g/mol. The lowest BCUT2D eigenvalue weighted by atomic mass is 9.97. The molecule has 2 aliphatic rings. The van der Waals surface area contributed by atoms with Gasteiger partial charge in [-0.1, -0.05) is 29.9 Å². The minimum atomic E-state index is -0.304. The number of aromatic nitrogens is 5. The van der Waals surface area contributed by atoms with Crippen molar-refractivity contribution in [3.05, 3.63) is 45.7 Å². The summed E-state index contributed by atoms with van der Waals surface area (Å²) in [6.07, 6.45) is 6.97. The van der Waals surface area contributed by atoms with E-state index >= 15 is 0 Å². The molecule has 0 spiro atoms. The number of halogens is 1. The Hall–Kier alpha value is -2.17. The van der Waals surface area contributed by atoms with Gasteiger partial charge in [0.1, 0.15) is 17.5 Å². The molecule has 2 aromatic heterocycles. The standard InChI is InChI=1S/C21H26FN7S2/c22-16-8-3-4-9-17(16)23-20-26-29(21(30)31-20)14-27-11-6-7-15(13-27)19-25-24-18-10-2-1-5-12-28(18)19/h3-4,8-9,15H,1-2,5-7,10-14H2,(H,23,26)/t15-/m1/s1. The predicted octanol–water partition coefficient (Wildman–Crippen LogP) is 4.71. The molecule has 0 radical (unpaired) electrons. The Morgan fingerprint density at radius 3 is 2.94 bits per heavy atom. The number of anilines is 2. The lowest BCUT2D eigenvalue weighted by molar-refractivity contribution is 0.153. The number of likely N-dealkylation sites (tertiary alicyclic amines) is 1. The van der Waals surface area contributed by atoms with Crippen LogP contribution in [0.3, 0.4) is 0 Å². The fourth-order valence-electron chi connectivity index (χ4n) is 4.52. The van der Waals surface area contributed by atoms with Crippen molar-refractivity contribution in [2.75, 3.05) is 18.4 Å². The zero-order chi connectivity index (χ0) is 21.2. The van der Waals surface area contributed by atoms with Crippen LogP contribution in [0, 0.1) is 9.77 Å². The normalized spacial score (nSPS) is 19.7. The van der Waals surface area contributed by atoms with Crippen LogP contribution in [0.1, 0.15) is 49.7 Å². The highest BCUT2D eigenvalue weighted by atomic mass is 32.1. The first kappa shape index (κ1) is 20.7. The number of benzene rings is 1. The van der Waals surface area contributed by atoms with Crippen LogP contribution in [0.15, 0.2) is 24.3 Å². The van der Waals surface area contributed by atoms with Crippen LogP contribution < -0.4 is 5.32 Å². The highest BCUT2D eigenvalue weighted by Crippen LogP contribution is 2.29. The van der Waals surface area contributed by atoms with Crippen LogP contribution in [0.25, 0.3) is 0 Å². The minimum Gasteiger partial charge on any atom is -0.328 e. The third kappa shape index (κ3) is 4.56. The van der Waals surface area contributed by atoms with E-state index in [1.807, 2.05) is 4.68 Å². The molecule has 0 aliphatic carbocycles. The zero-order valence-electron chi connectivity index (χ0n) is 17.3. The van der Waals surface area contributed by atoms with Gasteiger partial charge in [0.25, 0.3) is 0 Å². The van der Waals surface area contributed by atoms with Gasteiger partial charge in [-0.05, 0) is 56.6 Å². The summed E-state index contributed by atoms with van der Waals surface area (Å²) in [5, 5.41) is 17.3. The van der Waals surface area contributed by atoms with Crippen molar-refractivity contribution in [1.82, 2.24) is 29.4 Å². The van der Waals surface area contributed by atoms with Crippen molar-refractivity contribution >= 4 is 34.4 Å². The van der Waals surface area contributed by atoms with E-state index in [2.05, 4.69) is 30.1 Å². The zero-order valence-corrected chi connectivity index (χ0v) is 19.0. The molecule has 3 aromatic rings. The second-order valence-corrected chi connectivity index (χ2v) is 9.89. The molecule has 5 rings (SSSR count). The largest absolute Gasteiger partial charge is 0.328 e. The third-order valence-electron chi connectivity index (χ3n) is 6.06. The molecular formula is C21H26FN7S2. The van der Waals surface area contributed by atoms with Crippen molar-refractivity contribution in [1.29, 1.82) is 0 Å². The van der Waals surface area contributed by atoms with Crippen molar-refractivity contribution in [3.8, 4) is 0 Å². The average molecular weight is 460 g/mol. The molecule has 0 bridgehead atoms. The van der Waals surface area contributed by atoms with Gasteiger partial charge in [-0.15, -0.1) is 15.3 Å². The van der Waals surface area contributed by atoms with Gasteiger partial charge in [0, 0.05) is 25.4 Å². The Labute approximate surface area is 189 Å². The molecule has 0 unspecified atom stereocenters. The molecule has 1 aromatic carbocycles. The predicted molar refractivity (Wildman–Crippen MR) is 122 cm³/mol. The summed E-state index contributed by atoms with van der Waals surface area (Å²) in [6, 6.07) is 6.58. The van der Waals surface area contributed by atoms with Crippen LogP contribution in [0.4, 0.5) is 15.2 Å².